The molecule has 0 unspecified atom stereocenters. The van der Waals surface area contributed by atoms with Crippen LogP contribution in [0.15, 0.2) is 59.5 Å². The molecule has 10 heteroatoms. The minimum absolute atomic E-state index is 0.233. The lowest BCUT2D eigenvalue weighted by molar-refractivity contribution is 0.168. The van der Waals surface area contributed by atoms with Gasteiger partial charge in [0.2, 0.25) is 5.95 Å². The Morgan fingerprint density at radius 1 is 1.17 bits per heavy atom. The Morgan fingerprint density at radius 3 is 2.57 bits per heavy atom. The van der Waals surface area contributed by atoms with E-state index in [9.17, 15) is 9.90 Å². The van der Waals surface area contributed by atoms with Gasteiger partial charge in [0.05, 0.1) is 21.7 Å². The predicted octanol–water partition coefficient (Wildman–Crippen LogP) is 4.13. The number of aromatic nitrogens is 3. The zero-order valence-electron chi connectivity index (χ0n) is 18.9. The summed E-state index contributed by atoms with van der Waals surface area (Å²) in [5.41, 5.74) is 2.56. The third-order valence-corrected chi connectivity index (χ3v) is 6.61. The van der Waals surface area contributed by atoms with E-state index >= 15 is 0 Å². The fourth-order valence-electron chi connectivity index (χ4n) is 4.27. The van der Waals surface area contributed by atoms with Crippen molar-refractivity contribution >= 4 is 45.9 Å². The molecule has 8 nitrogen and oxygen atoms in total. The molecule has 5 rings (SSSR count). The fourth-order valence-corrected chi connectivity index (χ4v) is 4.87. The number of benzene rings is 2. The summed E-state index contributed by atoms with van der Waals surface area (Å²) in [5.74, 6) is 0.321. The van der Waals surface area contributed by atoms with E-state index < -0.39 is 5.56 Å². The molecule has 2 aromatic carbocycles. The Morgan fingerprint density at radius 2 is 1.91 bits per heavy atom. The maximum absolute atomic E-state index is 13.2. The first kappa shape index (κ1) is 23.6. The highest BCUT2D eigenvalue weighted by Gasteiger charge is 2.20. The van der Waals surface area contributed by atoms with Crippen LogP contribution in [0.1, 0.15) is 12.0 Å². The molecule has 1 saturated heterocycles. The van der Waals surface area contributed by atoms with Crippen molar-refractivity contribution in [1.29, 1.82) is 0 Å². The SMILES string of the molecule is COn1c(=O)c(-c2c(Cl)cccc2Cl)cc2cnc(Nc3ccc(CN4CC[C@@H](O)C4)cc3)nc21. The van der Waals surface area contributed by atoms with Crippen LogP contribution in [0.2, 0.25) is 10.0 Å². The molecule has 0 aliphatic carbocycles. The van der Waals surface area contributed by atoms with E-state index in [1.807, 2.05) is 24.3 Å². The second-order valence-corrected chi connectivity index (χ2v) is 9.22. The molecule has 1 atom stereocenters. The molecular formula is C25H23Cl2N5O3. The minimum atomic E-state index is -0.434. The largest absolute Gasteiger partial charge is 0.412 e. The molecule has 1 aliphatic heterocycles. The summed E-state index contributed by atoms with van der Waals surface area (Å²) in [7, 11) is 1.39. The van der Waals surface area contributed by atoms with Crippen molar-refractivity contribution < 1.29 is 9.94 Å². The maximum Gasteiger partial charge on any atom is 0.293 e. The summed E-state index contributed by atoms with van der Waals surface area (Å²) >= 11 is 12.7. The Hall–Kier alpha value is -3.17. The summed E-state index contributed by atoms with van der Waals surface area (Å²) in [6.45, 7) is 2.40. The van der Waals surface area contributed by atoms with Crippen LogP contribution in [0.3, 0.4) is 0 Å². The molecule has 1 fully saturated rings. The van der Waals surface area contributed by atoms with Crippen LogP contribution in [0.5, 0.6) is 0 Å². The van der Waals surface area contributed by atoms with Gasteiger partial charge >= 0.3 is 0 Å². The van der Waals surface area contributed by atoms with Crippen molar-refractivity contribution in [1.82, 2.24) is 19.6 Å². The monoisotopic (exact) mass is 511 g/mol. The number of pyridine rings is 1. The Balaban J connectivity index is 1.43. The molecule has 0 radical (unpaired) electrons. The van der Waals surface area contributed by atoms with Crippen molar-refractivity contribution in [3.8, 4) is 11.1 Å². The first-order chi connectivity index (χ1) is 16.9. The van der Waals surface area contributed by atoms with Gasteiger partial charge in [-0.25, -0.2) is 4.98 Å². The lowest BCUT2D eigenvalue weighted by atomic mass is 10.1. The number of β-amino-alcohol motifs (C(OH)–C–C–N with tert-alkyl or cyclic N) is 1. The highest BCUT2D eigenvalue weighted by molar-refractivity contribution is 6.39. The number of hydrogen-bond donors (Lipinski definition) is 2. The van der Waals surface area contributed by atoms with Gasteiger partial charge in [0.25, 0.3) is 5.56 Å². The molecule has 2 N–H and O–H groups in total. The molecule has 4 aromatic rings. The molecule has 35 heavy (non-hydrogen) atoms. The molecule has 180 valence electrons. The van der Waals surface area contributed by atoms with Gasteiger partial charge in [-0.1, -0.05) is 41.4 Å². The first-order valence-corrected chi connectivity index (χ1v) is 11.9. The molecule has 2 aromatic heterocycles. The second kappa shape index (κ2) is 9.83. The average molecular weight is 512 g/mol. The summed E-state index contributed by atoms with van der Waals surface area (Å²) in [6.07, 6.45) is 2.20. The molecule has 1 aliphatic rings. The number of likely N-dealkylation sites (tertiary alicyclic amines) is 1. The van der Waals surface area contributed by atoms with E-state index in [2.05, 4.69) is 20.2 Å². The minimum Gasteiger partial charge on any atom is -0.412 e. The molecule has 0 saturated carbocycles. The van der Waals surface area contributed by atoms with Gasteiger partial charge in [-0.3, -0.25) is 9.69 Å². The standard InChI is InChI=1S/C25H23Cl2N5O3/c1-35-32-23-16(11-19(24(32)34)22-20(26)3-2-4-21(22)27)12-28-25(30-23)29-17-7-5-15(6-8-17)13-31-10-9-18(33)14-31/h2-8,11-12,18,33H,9-10,13-14H2,1H3,(H,28,29,30)/t18-/m1/s1. The van der Waals surface area contributed by atoms with Gasteiger partial charge in [-0.05, 0) is 42.3 Å². The molecule has 3 heterocycles. The van der Waals surface area contributed by atoms with E-state index in [0.29, 0.717) is 44.7 Å². The normalized spacial score (nSPS) is 16.1. The highest BCUT2D eigenvalue weighted by Crippen LogP contribution is 2.33. The van der Waals surface area contributed by atoms with E-state index in [4.69, 9.17) is 28.0 Å². The number of nitrogens with one attached hydrogen (secondary N) is 1. The molecule has 0 spiro atoms. The average Bonchev–Trinajstić information content (AvgIpc) is 3.25. The van der Waals surface area contributed by atoms with Gasteiger partial charge in [0.1, 0.15) is 7.11 Å². The van der Waals surface area contributed by atoms with Crippen LogP contribution in [-0.2, 0) is 6.54 Å². The van der Waals surface area contributed by atoms with Gasteiger partial charge in [0.15, 0.2) is 5.65 Å². The first-order valence-electron chi connectivity index (χ1n) is 11.1. The second-order valence-electron chi connectivity index (χ2n) is 8.41. The van der Waals surface area contributed by atoms with Gasteiger partial charge < -0.3 is 15.3 Å². The van der Waals surface area contributed by atoms with Crippen molar-refractivity contribution in [2.24, 2.45) is 0 Å². The number of fused-ring (bicyclic) bond motifs is 1. The maximum atomic E-state index is 13.2. The Labute approximate surface area is 211 Å². The quantitative estimate of drug-likeness (QED) is 0.401. The highest BCUT2D eigenvalue weighted by atomic mass is 35.5. The number of hydrogen-bond acceptors (Lipinski definition) is 7. The van der Waals surface area contributed by atoms with E-state index in [1.165, 1.54) is 7.11 Å². The fraction of sp³-hybridized carbons (Fsp3) is 0.240. The third kappa shape index (κ3) is 4.83. The van der Waals surface area contributed by atoms with Crippen molar-refractivity contribution in [3.05, 3.63) is 80.7 Å². The van der Waals surface area contributed by atoms with Gasteiger partial charge in [-0.15, -0.1) is 4.73 Å². The summed E-state index contributed by atoms with van der Waals surface area (Å²) in [5, 5.41) is 14.2. The number of anilines is 2. The van der Waals surface area contributed by atoms with E-state index in [0.717, 1.165) is 35.5 Å². The van der Waals surface area contributed by atoms with Gasteiger partial charge in [-0.2, -0.15) is 4.98 Å². The van der Waals surface area contributed by atoms with Crippen LogP contribution < -0.4 is 15.7 Å². The van der Waals surface area contributed by atoms with Crippen molar-refractivity contribution in [2.45, 2.75) is 19.1 Å². The van der Waals surface area contributed by atoms with Crippen LogP contribution in [0.4, 0.5) is 11.6 Å². The summed E-state index contributed by atoms with van der Waals surface area (Å²) in [4.78, 5) is 29.7. The Bertz CT molecular complexity index is 1420. The number of nitrogens with zero attached hydrogens (tertiary/aromatic N) is 4. The summed E-state index contributed by atoms with van der Waals surface area (Å²) < 4.78 is 1.10. The lowest BCUT2D eigenvalue weighted by Crippen LogP contribution is -2.27. The predicted molar refractivity (Wildman–Crippen MR) is 137 cm³/mol. The number of aliphatic hydroxyl groups is 1. The zero-order valence-corrected chi connectivity index (χ0v) is 20.4. The third-order valence-electron chi connectivity index (χ3n) is 5.98. The Kier molecular flexibility index (Phi) is 6.62. The molecular weight excluding hydrogens is 489 g/mol. The van der Waals surface area contributed by atoms with E-state index in [1.54, 1.807) is 30.5 Å². The van der Waals surface area contributed by atoms with Crippen LogP contribution in [0, 0.1) is 0 Å². The number of halogens is 2. The van der Waals surface area contributed by atoms with Gasteiger partial charge in [0, 0.05) is 42.5 Å². The molecule has 0 amide bonds. The lowest BCUT2D eigenvalue weighted by Gasteiger charge is -2.15. The van der Waals surface area contributed by atoms with Crippen LogP contribution in [0.25, 0.3) is 22.2 Å². The molecule has 0 bridgehead atoms. The van der Waals surface area contributed by atoms with E-state index in [-0.39, 0.29) is 6.10 Å². The summed E-state index contributed by atoms with van der Waals surface area (Å²) in [6, 6.07) is 14.7. The van der Waals surface area contributed by atoms with Crippen molar-refractivity contribution in [3.63, 3.8) is 0 Å². The zero-order chi connectivity index (χ0) is 24.5. The number of rotatable bonds is 6. The smallest absolute Gasteiger partial charge is 0.293 e. The topological polar surface area (TPSA) is 92.5 Å². The van der Waals surface area contributed by atoms with Crippen LogP contribution in [-0.4, -0.2) is 51.0 Å². The van der Waals surface area contributed by atoms with Crippen LogP contribution >= 0.6 is 23.2 Å². The number of aliphatic hydroxyl groups excluding tert-OH is 1. The van der Waals surface area contributed by atoms with Crippen molar-refractivity contribution in [2.75, 3.05) is 25.5 Å².